The van der Waals surface area contributed by atoms with Crippen LogP contribution in [0.2, 0.25) is 0 Å². The predicted octanol–water partition coefficient (Wildman–Crippen LogP) is 1.84. The van der Waals surface area contributed by atoms with Gasteiger partial charge >= 0.3 is 0 Å². The van der Waals surface area contributed by atoms with Crippen molar-refractivity contribution in [1.82, 2.24) is 4.90 Å². The van der Waals surface area contributed by atoms with Crippen LogP contribution in [0.25, 0.3) is 0 Å². The molecule has 2 fully saturated rings. The standard InChI is InChI=1S/C20H22N2O5/c1-26-13-5-6-15(27-2)14(10-13)21-16(23)7-8-22-19(24)17-11-3-4-12(9-11)18(17)20(22)25/h3-6,10-12,17-18H,7-9H2,1-2H3,(H,21,23)/t11-,12-,17+,18+/m0/s1. The zero-order valence-corrected chi connectivity index (χ0v) is 15.3. The Balaban J connectivity index is 1.39. The Morgan fingerprint density at radius 2 is 1.78 bits per heavy atom. The van der Waals surface area contributed by atoms with E-state index in [9.17, 15) is 14.4 Å². The van der Waals surface area contributed by atoms with E-state index in [0.717, 1.165) is 6.42 Å². The van der Waals surface area contributed by atoms with Crippen LogP contribution in [0.3, 0.4) is 0 Å². The fourth-order valence-electron chi connectivity index (χ4n) is 4.52. The molecule has 3 amide bonds. The lowest BCUT2D eigenvalue weighted by Gasteiger charge is -2.17. The maximum atomic E-state index is 12.6. The largest absolute Gasteiger partial charge is 0.497 e. The van der Waals surface area contributed by atoms with E-state index < -0.39 is 0 Å². The fourth-order valence-corrected chi connectivity index (χ4v) is 4.52. The van der Waals surface area contributed by atoms with Gasteiger partial charge in [0, 0.05) is 19.0 Å². The molecule has 1 aromatic rings. The van der Waals surface area contributed by atoms with E-state index in [1.165, 1.54) is 19.1 Å². The van der Waals surface area contributed by atoms with Gasteiger partial charge in [0.05, 0.1) is 31.7 Å². The summed E-state index contributed by atoms with van der Waals surface area (Å²) in [6, 6.07) is 5.10. The van der Waals surface area contributed by atoms with Gasteiger partial charge in [0.2, 0.25) is 17.7 Å². The second-order valence-corrected chi connectivity index (χ2v) is 7.19. The summed E-state index contributed by atoms with van der Waals surface area (Å²) >= 11 is 0. The highest BCUT2D eigenvalue weighted by Gasteiger charge is 2.58. The first-order valence-corrected chi connectivity index (χ1v) is 9.09. The van der Waals surface area contributed by atoms with Gasteiger partial charge in [0.25, 0.3) is 0 Å². The molecule has 2 aliphatic carbocycles. The zero-order valence-electron chi connectivity index (χ0n) is 15.3. The summed E-state index contributed by atoms with van der Waals surface area (Å²) in [4.78, 5) is 38.9. The fraction of sp³-hybridized carbons (Fsp3) is 0.450. The minimum absolute atomic E-state index is 0.0417. The number of ether oxygens (including phenoxy) is 2. The van der Waals surface area contributed by atoms with Crippen molar-refractivity contribution >= 4 is 23.4 Å². The lowest BCUT2D eigenvalue weighted by Crippen LogP contribution is -2.35. The SMILES string of the molecule is COc1ccc(OC)c(NC(=O)CCN2C(=O)[C@H]3[C@H](C2=O)[C@H]2C=C[C@H]3C2)c1. The molecule has 2 bridgehead atoms. The maximum Gasteiger partial charge on any atom is 0.233 e. The number of methoxy groups -OCH3 is 2. The first-order valence-electron chi connectivity index (χ1n) is 9.09. The van der Waals surface area contributed by atoms with Gasteiger partial charge in [-0.25, -0.2) is 0 Å². The third kappa shape index (κ3) is 2.87. The number of hydrogen-bond acceptors (Lipinski definition) is 5. The van der Waals surface area contributed by atoms with Crippen molar-refractivity contribution in [2.45, 2.75) is 12.8 Å². The molecule has 7 nitrogen and oxygen atoms in total. The van der Waals surface area contributed by atoms with E-state index in [4.69, 9.17) is 9.47 Å². The monoisotopic (exact) mass is 370 g/mol. The first-order chi connectivity index (χ1) is 13.0. The average Bonchev–Trinajstić information content (AvgIpc) is 3.34. The van der Waals surface area contributed by atoms with Crippen molar-refractivity contribution < 1.29 is 23.9 Å². The number of carbonyl (C=O) groups excluding carboxylic acids is 3. The van der Waals surface area contributed by atoms with Crippen molar-refractivity contribution in [3.63, 3.8) is 0 Å². The summed E-state index contributed by atoms with van der Waals surface area (Å²) < 4.78 is 10.4. The summed E-state index contributed by atoms with van der Waals surface area (Å²) in [5.74, 6) is 0.444. The molecule has 0 radical (unpaired) electrons. The first kappa shape index (κ1) is 17.6. The molecule has 0 spiro atoms. The lowest BCUT2D eigenvalue weighted by molar-refractivity contribution is -0.140. The van der Waals surface area contributed by atoms with E-state index in [2.05, 4.69) is 17.5 Å². The van der Waals surface area contributed by atoms with Gasteiger partial charge in [-0.15, -0.1) is 0 Å². The molecule has 1 aliphatic heterocycles. The average molecular weight is 370 g/mol. The van der Waals surface area contributed by atoms with Crippen LogP contribution in [-0.2, 0) is 14.4 Å². The maximum absolute atomic E-state index is 12.6. The Morgan fingerprint density at radius 1 is 1.11 bits per heavy atom. The molecule has 1 saturated heterocycles. The minimum Gasteiger partial charge on any atom is -0.497 e. The van der Waals surface area contributed by atoms with Gasteiger partial charge in [0.15, 0.2) is 0 Å². The predicted molar refractivity (Wildman–Crippen MR) is 97.2 cm³/mol. The quantitative estimate of drug-likeness (QED) is 0.610. The van der Waals surface area contributed by atoms with Crippen molar-refractivity contribution in [3.05, 3.63) is 30.4 Å². The molecule has 0 unspecified atom stereocenters. The summed E-state index contributed by atoms with van der Waals surface area (Å²) in [6.45, 7) is 0.0994. The van der Waals surface area contributed by atoms with Gasteiger partial charge < -0.3 is 14.8 Å². The van der Waals surface area contributed by atoms with E-state index in [1.54, 1.807) is 18.2 Å². The molecule has 142 valence electrons. The van der Waals surface area contributed by atoms with Crippen molar-refractivity contribution in [2.75, 3.05) is 26.1 Å². The van der Waals surface area contributed by atoms with Crippen molar-refractivity contribution in [2.24, 2.45) is 23.7 Å². The molecule has 1 N–H and O–H groups in total. The van der Waals surface area contributed by atoms with Gasteiger partial charge in [-0.1, -0.05) is 12.2 Å². The number of likely N-dealkylation sites (tertiary alicyclic amines) is 1. The number of fused-ring (bicyclic) bond motifs is 5. The molecule has 4 atom stereocenters. The smallest absolute Gasteiger partial charge is 0.233 e. The molecule has 0 aromatic heterocycles. The summed E-state index contributed by atoms with van der Waals surface area (Å²) in [7, 11) is 3.05. The van der Waals surface area contributed by atoms with Gasteiger partial charge in [-0.2, -0.15) is 0 Å². The highest BCUT2D eigenvalue weighted by Crippen LogP contribution is 2.52. The third-order valence-corrected chi connectivity index (χ3v) is 5.80. The topological polar surface area (TPSA) is 84.9 Å². The second-order valence-electron chi connectivity index (χ2n) is 7.19. The zero-order chi connectivity index (χ0) is 19.1. The van der Waals surface area contributed by atoms with E-state index in [1.807, 2.05) is 0 Å². The Labute approximate surface area is 157 Å². The van der Waals surface area contributed by atoms with E-state index in [0.29, 0.717) is 17.2 Å². The van der Waals surface area contributed by atoms with Gasteiger partial charge in [-0.05, 0) is 30.4 Å². The Kier molecular flexibility index (Phi) is 4.37. The van der Waals surface area contributed by atoms with Crippen LogP contribution in [0.15, 0.2) is 30.4 Å². The molecular weight excluding hydrogens is 348 g/mol. The number of imide groups is 1. The number of rotatable bonds is 6. The van der Waals surface area contributed by atoms with Crippen LogP contribution >= 0.6 is 0 Å². The lowest BCUT2D eigenvalue weighted by atomic mass is 9.85. The normalized spacial score (nSPS) is 27.9. The molecule has 4 rings (SSSR count). The van der Waals surface area contributed by atoms with Crippen LogP contribution in [0.5, 0.6) is 11.5 Å². The van der Waals surface area contributed by atoms with Crippen molar-refractivity contribution in [3.8, 4) is 11.5 Å². The Hall–Kier alpha value is -2.83. The van der Waals surface area contributed by atoms with Gasteiger partial charge in [-0.3, -0.25) is 19.3 Å². The van der Waals surface area contributed by atoms with Gasteiger partial charge in [0.1, 0.15) is 11.5 Å². The highest BCUT2D eigenvalue weighted by atomic mass is 16.5. The highest BCUT2D eigenvalue weighted by molar-refractivity contribution is 6.06. The molecule has 1 saturated carbocycles. The van der Waals surface area contributed by atoms with Crippen LogP contribution in [0.4, 0.5) is 5.69 Å². The Bertz CT molecular complexity index is 804. The van der Waals surface area contributed by atoms with Crippen LogP contribution in [0.1, 0.15) is 12.8 Å². The number of allylic oxidation sites excluding steroid dienone is 2. The van der Waals surface area contributed by atoms with E-state index >= 15 is 0 Å². The summed E-state index contributed by atoms with van der Waals surface area (Å²) in [5.41, 5.74) is 0.486. The van der Waals surface area contributed by atoms with Crippen molar-refractivity contribution in [1.29, 1.82) is 0 Å². The summed E-state index contributed by atoms with van der Waals surface area (Å²) in [5, 5.41) is 2.76. The number of nitrogens with zero attached hydrogens (tertiary/aromatic N) is 1. The summed E-state index contributed by atoms with van der Waals surface area (Å²) in [6.07, 6.45) is 5.06. The number of amides is 3. The molecule has 1 heterocycles. The van der Waals surface area contributed by atoms with E-state index in [-0.39, 0.29) is 54.4 Å². The van der Waals surface area contributed by atoms with Crippen LogP contribution in [0, 0.1) is 23.7 Å². The second kappa shape index (κ2) is 6.72. The molecule has 27 heavy (non-hydrogen) atoms. The number of benzene rings is 1. The number of anilines is 1. The number of hydrogen-bond donors (Lipinski definition) is 1. The van der Waals surface area contributed by atoms with Crippen LogP contribution < -0.4 is 14.8 Å². The molecule has 3 aliphatic rings. The molecule has 7 heteroatoms. The molecular formula is C20H22N2O5. The third-order valence-electron chi connectivity index (χ3n) is 5.80. The number of nitrogens with one attached hydrogen (secondary N) is 1. The minimum atomic E-state index is -0.291. The Morgan fingerprint density at radius 3 is 2.37 bits per heavy atom. The van der Waals surface area contributed by atoms with Crippen LogP contribution in [-0.4, -0.2) is 43.4 Å². The molecule has 1 aromatic carbocycles. The number of carbonyl (C=O) groups is 3.